The summed E-state index contributed by atoms with van der Waals surface area (Å²) < 4.78 is 46.5. The van der Waals surface area contributed by atoms with Crippen LogP contribution in [0, 0.1) is 6.92 Å². The van der Waals surface area contributed by atoms with Gasteiger partial charge in [-0.15, -0.1) is 0 Å². The normalized spacial score (nSPS) is 11.8. The van der Waals surface area contributed by atoms with E-state index in [0.29, 0.717) is 17.9 Å². The average Bonchev–Trinajstić information content (AvgIpc) is 2.64. The van der Waals surface area contributed by atoms with Crippen molar-refractivity contribution < 1.29 is 17.9 Å². The molecule has 3 rings (SSSR count). The zero-order chi connectivity index (χ0) is 20.6. The molecule has 0 aliphatic carbocycles. The third-order valence-electron chi connectivity index (χ3n) is 4.37. The molecule has 0 bridgehead atoms. The van der Waals surface area contributed by atoms with Crippen molar-refractivity contribution in [1.29, 1.82) is 0 Å². The summed E-state index contributed by atoms with van der Waals surface area (Å²) in [5.74, 6) is 0.311. The van der Waals surface area contributed by atoms with E-state index in [1.54, 1.807) is 13.8 Å². The summed E-state index contributed by atoms with van der Waals surface area (Å²) in [6.45, 7) is 3.48. The Bertz CT molecular complexity index is 1160. The highest BCUT2D eigenvalue weighted by molar-refractivity contribution is 5.82. The van der Waals surface area contributed by atoms with Gasteiger partial charge in [0.1, 0.15) is 11.1 Å². The van der Waals surface area contributed by atoms with Gasteiger partial charge in [0.25, 0.3) is 5.56 Å². The van der Waals surface area contributed by atoms with E-state index in [1.165, 1.54) is 29.9 Å². The van der Waals surface area contributed by atoms with E-state index in [1.807, 2.05) is 0 Å². The smallest absolute Gasteiger partial charge is 0.416 e. The van der Waals surface area contributed by atoms with Crippen molar-refractivity contribution in [2.45, 2.75) is 26.6 Å². The van der Waals surface area contributed by atoms with E-state index in [9.17, 15) is 22.8 Å². The Morgan fingerprint density at radius 2 is 1.93 bits per heavy atom. The first-order valence-electron chi connectivity index (χ1n) is 8.53. The largest absolute Gasteiger partial charge is 0.493 e. The first-order valence-corrected chi connectivity index (χ1v) is 8.53. The summed E-state index contributed by atoms with van der Waals surface area (Å²) in [7, 11) is 1.45. The molecule has 148 valence electrons. The third-order valence-corrected chi connectivity index (χ3v) is 4.37. The van der Waals surface area contributed by atoms with Crippen LogP contribution in [0.15, 0.2) is 40.1 Å². The zero-order valence-corrected chi connectivity index (χ0v) is 15.5. The zero-order valence-electron chi connectivity index (χ0n) is 15.5. The molecule has 0 spiro atoms. The number of halogens is 3. The van der Waals surface area contributed by atoms with Crippen molar-refractivity contribution in [3.8, 4) is 5.75 Å². The lowest BCUT2D eigenvalue weighted by atomic mass is 10.1. The Morgan fingerprint density at radius 1 is 1.21 bits per heavy atom. The third kappa shape index (κ3) is 3.39. The molecule has 0 amide bonds. The summed E-state index contributed by atoms with van der Waals surface area (Å²) in [6, 6.07) is 4.54. The monoisotopic (exact) mass is 393 g/mol. The van der Waals surface area contributed by atoms with Crippen LogP contribution in [0.25, 0.3) is 11.0 Å². The fourth-order valence-electron chi connectivity index (χ4n) is 3.02. The number of ether oxygens (including phenoxy) is 1. The van der Waals surface area contributed by atoms with Crippen LogP contribution in [0.5, 0.6) is 5.75 Å². The number of fused-ring (bicyclic) bond motifs is 1. The number of aromatic nitrogens is 3. The molecule has 3 aromatic rings. The number of benzene rings is 1. The highest BCUT2D eigenvalue weighted by Crippen LogP contribution is 2.29. The van der Waals surface area contributed by atoms with E-state index in [4.69, 9.17) is 4.74 Å². The second-order valence-corrected chi connectivity index (χ2v) is 6.33. The molecule has 0 saturated carbocycles. The van der Waals surface area contributed by atoms with Crippen LogP contribution in [0.1, 0.15) is 23.6 Å². The maximum absolute atomic E-state index is 13.0. The van der Waals surface area contributed by atoms with Gasteiger partial charge in [-0.05, 0) is 31.5 Å². The quantitative estimate of drug-likeness (QED) is 0.684. The molecule has 0 radical (unpaired) electrons. The summed E-state index contributed by atoms with van der Waals surface area (Å²) in [6.07, 6.45) is -3.01. The van der Waals surface area contributed by atoms with Gasteiger partial charge >= 0.3 is 11.9 Å². The van der Waals surface area contributed by atoms with Gasteiger partial charge in [0.05, 0.1) is 18.7 Å². The van der Waals surface area contributed by atoms with Crippen LogP contribution >= 0.6 is 0 Å². The van der Waals surface area contributed by atoms with Crippen LogP contribution in [-0.2, 0) is 19.8 Å². The van der Waals surface area contributed by atoms with Gasteiger partial charge < -0.3 is 4.74 Å². The fraction of sp³-hybridized carbons (Fsp3) is 0.316. The van der Waals surface area contributed by atoms with Crippen molar-refractivity contribution in [2.24, 2.45) is 7.05 Å². The molecule has 9 heteroatoms. The maximum atomic E-state index is 13.0. The first kappa shape index (κ1) is 19.7. The topological polar surface area (TPSA) is 66.1 Å². The number of hydrogen-bond donors (Lipinski definition) is 0. The molecule has 0 N–H and O–H groups in total. The fourth-order valence-corrected chi connectivity index (χ4v) is 3.02. The van der Waals surface area contributed by atoms with Gasteiger partial charge in [0, 0.05) is 18.8 Å². The standard InChI is InChI=1S/C19H18F3N3O3/c1-4-28-15-11(2)9-23-16-14(15)17(26)25(18(27)24(16)3)10-12-6-5-7-13(8-12)19(20,21)22/h5-9H,4,10H2,1-3H3. The minimum atomic E-state index is -4.52. The first-order chi connectivity index (χ1) is 13.1. The van der Waals surface area contributed by atoms with E-state index in [-0.39, 0.29) is 23.1 Å². The Hall–Kier alpha value is -3.10. The molecular formula is C19H18F3N3O3. The number of pyridine rings is 1. The van der Waals surface area contributed by atoms with Crippen LogP contribution < -0.4 is 16.0 Å². The summed E-state index contributed by atoms with van der Waals surface area (Å²) in [5.41, 5.74) is -1.21. The van der Waals surface area contributed by atoms with Crippen LogP contribution in [0.2, 0.25) is 0 Å². The lowest BCUT2D eigenvalue weighted by Gasteiger charge is -2.15. The highest BCUT2D eigenvalue weighted by atomic mass is 19.4. The van der Waals surface area contributed by atoms with Crippen LogP contribution in [-0.4, -0.2) is 20.7 Å². The number of alkyl halides is 3. The van der Waals surface area contributed by atoms with E-state index in [2.05, 4.69) is 4.98 Å². The SMILES string of the molecule is CCOc1c(C)cnc2c1c(=O)n(Cc1cccc(C(F)(F)F)c1)c(=O)n2C. The molecule has 1 aromatic carbocycles. The molecule has 6 nitrogen and oxygen atoms in total. The molecule has 0 aliphatic heterocycles. The Kier molecular flexibility index (Phi) is 5.01. The van der Waals surface area contributed by atoms with Crippen molar-refractivity contribution >= 4 is 11.0 Å². The molecule has 28 heavy (non-hydrogen) atoms. The molecule has 0 atom stereocenters. The molecule has 2 heterocycles. The van der Waals surface area contributed by atoms with Crippen LogP contribution in [0.3, 0.4) is 0 Å². The van der Waals surface area contributed by atoms with Gasteiger partial charge in [0.2, 0.25) is 0 Å². The van der Waals surface area contributed by atoms with Crippen molar-refractivity contribution in [3.05, 3.63) is 68.0 Å². The van der Waals surface area contributed by atoms with Crippen molar-refractivity contribution in [3.63, 3.8) is 0 Å². The Balaban J connectivity index is 2.24. The predicted octanol–water partition coefficient (Wildman–Crippen LogP) is 2.87. The summed E-state index contributed by atoms with van der Waals surface area (Å²) in [4.78, 5) is 29.9. The molecule has 0 fully saturated rings. The molecule has 2 aromatic heterocycles. The number of hydrogen-bond acceptors (Lipinski definition) is 4. The van der Waals surface area contributed by atoms with Crippen molar-refractivity contribution in [2.75, 3.05) is 6.61 Å². The molecular weight excluding hydrogens is 375 g/mol. The van der Waals surface area contributed by atoms with Gasteiger partial charge in [-0.25, -0.2) is 9.78 Å². The number of aryl methyl sites for hydroxylation is 2. The minimum absolute atomic E-state index is 0.121. The maximum Gasteiger partial charge on any atom is 0.416 e. The Morgan fingerprint density at radius 3 is 2.57 bits per heavy atom. The van der Waals surface area contributed by atoms with E-state index < -0.39 is 23.0 Å². The highest BCUT2D eigenvalue weighted by Gasteiger charge is 2.30. The van der Waals surface area contributed by atoms with Crippen LogP contribution in [0.4, 0.5) is 13.2 Å². The van der Waals surface area contributed by atoms with E-state index >= 15 is 0 Å². The van der Waals surface area contributed by atoms with Gasteiger partial charge in [-0.1, -0.05) is 12.1 Å². The number of rotatable bonds is 4. The number of nitrogens with zero attached hydrogens (tertiary/aromatic N) is 3. The van der Waals surface area contributed by atoms with Gasteiger partial charge in [-0.2, -0.15) is 13.2 Å². The summed E-state index contributed by atoms with van der Waals surface area (Å²) in [5, 5.41) is 0.121. The average molecular weight is 393 g/mol. The second-order valence-electron chi connectivity index (χ2n) is 6.33. The molecule has 0 unspecified atom stereocenters. The second kappa shape index (κ2) is 7.14. The van der Waals surface area contributed by atoms with E-state index in [0.717, 1.165) is 16.7 Å². The van der Waals surface area contributed by atoms with Gasteiger partial charge in [-0.3, -0.25) is 13.9 Å². The lowest BCUT2D eigenvalue weighted by Crippen LogP contribution is -2.40. The van der Waals surface area contributed by atoms with Crippen molar-refractivity contribution in [1.82, 2.24) is 14.1 Å². The summed E-state index contributed by atoms with van der Waals surface area (Å²) >= 11 is 0. The van der Waals surface area contributed by atoms with Gasteiger partial charge in [0.15, 0.2) is 5.65 Å². The minimum Gasteiger partial charge on any atom is -0.493 e. The predicted molar refractivity (Wildman–Crippen MR) is 97.7 cm³/mol. The lowest BCUT2D eigenvalue weighted by molar-refractivity contribution is -0.137. The molecule has 0 aliphatic rings. The Labute approximate surface area is 157 Å². The molecule has 0 saturated heterocycles.